The van der Waals surface area contributed by atoms with Crippen molar-refractivity contribution in [3.63, 3.8) is 0 Å². The Morgan fingerprint density at radius 3 is 2.58 bits per heavy atom. The van der Waals surface area contributed by atoms with Crippen LogP contribution in [0.5, 0.6) is 5.75 Å². The molecular weight excluding hydrogens is 283 g/mol. The maximum Gasteiger partial charge on any atom is 0.164 e. The SMILES string of the molecule is [2H]C1C=CC(Oc2c(Cl)cc(N)cc2Cl)=CN1C(C)C. The van der Waals surface area contributed by atoms with Gasteiger partial charge in [-0.15, -0.1) is 0 Å². The van der Waals surface area contributed by atoms with E-state index in [2.05, 4.69) is 0 Å². The third-order valence-corrected chi connectivity index (χ3v) is 3.19. The van der Waals surface area contributed by atoms with Crippen LogP contribution in [0.15, 0.2) is 36.2 Å². The van der Waals surface area contributed by atoms with Crippen LogP contribution in [0.4, 0.5) is 5.69 Å². The highest BCUT2D eigenvalue weighted by Crippen LogP contribution is 2.36. The van der Waals surface area contributed by atoms with Crippen molar-refractivity contribution in [3.05, 3.63) is 46.3 Å². The molecule has 0 fully saturated rings. The van der Waals surface area contributed by atoms with Crippen LogP contribution in [0.25, 0.3) is 0 Å². The van der Waals surface area contributed by atoms with Gasteiger partial charge in [0.05, 0.1) is 11.4 Å². The van der Waals surface area contributed by atoms with E-state index in [-0.39, 0.29) is 6.04 Å². The monoisotopic (exact) mass is 299 g/mol. The van der Waals surface area contributed by atoms with Gasteiger partial charge in [0.1, 0.15) is 5.76 Å². The van der Waals surface area contributed by atoms with Crippen molar-refractivity contribution in [2.45, 2.75) is 19.9 Å². The number of nitrogen functional groups attached to an aromatic ring is 1. The molecule has 0 saturated heterocycles. The number of rotatable bonds is 3. The van der Waals surface area contributed by atoms with Crippen LogP contribution >= 0.6 is 23.2 Å². The highest BCUT2D eigenvalue weighted by molar-refractivity contribution is 6.37. The van der Waals surface area contributed by atoms with Crippen molar-refractivity contribution in [2.24, 2.45) is 0 Å². The second kappa shape index (κ2) is 5.76. The Kier molecular flexibility index (Phi) is 3.85. The predicted octanol–water partition coefficient (Wildman–Crippen LogP) is 4.08. The summed E-state index contributed by atoms with van der Waals surface area (Å²) in [4.78, 5) is 1.87. The lowest BCUT2D eigenvalue weighted by atomic mass is 10.2. The minimum absolute atomic E-state index is 0.193. The van der Waals surface area contributed by atoms with Gasteiger partial charge in [0.2, 0.25) is 0 Å². The maximum absolute atomic E-state index is 7.91. The van der Waals surface area contributed by atoms with Crippen molar-refractivity contribution in [2.75, 3.05) is 12.3 Å². The molecule has 3 nitrogen and oxygen atoms in total. The Labute approximate surface area is 124 Å². The zero-order valence-corrected chi connectivity index (χ0v) is 12.2. The van der Waals surface area contributed by atoms with Gasteiger partial charge in [0, 0.05) is 24.4 Å². The largest absolute Gasteiger partial charge is 0.453 e. The molecule has 2 N–H and O–H groups in total. The number of ether oxygens (including phenoxy) is 1. The minimum atomic E-state index is -0.417. The fourth-order valence-electron chi connectivity index (χ4n) is 1.65. The number of nitrogens with zero attached hydrogens (tertiary/aromatic N) is 1. The molecule has 102 valence electrons. The van der Waals surface area contributed by atoms with Gasteiger partial charge in [0.25, 0.3) is 0 Å². The van der Waals surface area contributed by atoms with E-state index in [4.69, 9.17) is 35.0 Å². The molecule has 1 unspecified atom stereocenters. The molecule has 1 aromatic carbocycles. The van der Waals surface area contributed by atoms with E-state index in [1.165, 1.54) is 0 Å². The van der Waals surface area contributed by atoms with Crippen molar-refractivity contribution < 1.29 is 6.11 Å². The first-order valence-corrected chi connectivity index (χ1v) is 6.66. The van der Waals surface area contributed by atoms with Gasteiger partial charge in [-0.3, -0.25) is 0 Å². The van der Waals surface area contributed by atoms with E-state index >= 15 is 0 Å². The van der Waals surface area contributed by atoms with Gasteiger partial charge in [-0.05, 0) is 32.1 Å². The fraction of sp³-hybridized carbons (Fsp3) is 0.286. The summed E-state index contributed by atoms with van der Waals surface area (Å²) >= 11 is 12.2. The molecule has 1 atom stereocenters. The number of halogens is 2. The molecule has 19 heavy (non-hydrogen) atoms. The van der Waals surface area contributed by atoms with Crippen LogP contribution in [0, 0.1) is 0 Å². The Bertz CT molecular complexity index is 549. The highest BCUT2D eigenvalue weighted by atomic mass is 35.5. The molecule has 0 aromatic heterocycles. The summed E-state index contributed by atoms with van der Waals surface area (Å²) in [5, 5.41) is 0.710. The number of hydrogen-bond acceptors (Lipinski definition) is 3. The average Bonchev–Trinajstić information content (AvgIpc) is 2.35. The molecule has 1 heterocycles. The Morgan fingerprint density at radius 2 is 2.00 bits per heavy atom. The van der Waals surface area contributed by atoms with Crippen LogP contribution in [-0.2, 0) is 0 Å². The van der Waals surface area contributed by atoms with E-state index < -0.39 is 6.52 Å². The molecule has 0 aliphatic carbocycles. The van der Waals surface area contributed by atoms with Crippen LogP contribution < -0.4 is 10.5 Å². The lowest BCUT2D eigenvalue weighted by Gasteiger charge is -2.27. The molecule has 1 aliphatic rings. The number of nitrogens with two attached hydrogens (primary N) is 1. The Morgan fingerprint density at radius 1 is 1.37 bits per heavy atom. The third-order valence-electron chi connectivity index (χ3n) is 2.63. The Hall–Kier alpha value is -1.32. The van der Waals surface area contributed by atoms with E-state index in [0.29, 0.717) is 27.2 Å². The van der Waals surface area contributed by atoms with Crippen molar-refractivity contribution in [3.8, 4) is 5.75 Å². The maximum atomic E-state index is 7.91. The molecule has 0 bridgehead atoms. The molecule has 1 aromatic rings. The first-order chi connectivity index (χ1) is 9.38. The van der Waals surface area contributed by atoms with Crippen molar-refractivity contribution >= 4 is 28.9 Å². The summed E-state index contributed by atoms with van der Waals surface area (Å²) < 4.78 is 13.6. The molecular formula is C14H16Cl2N2O. The van der Waals surface area contributed by atoms with Gasteiger partial charge in [-0.1, -0.05) is 29.3 Å². The lowest BCUT2D eigenvalue weighted by molar-refractivity contribution is 0.314. The first-order valence-electron chi connectivity index (χ1n) is 6.48. The summed E-state index contributed by atoms with van der Waals surface area (Å²) in [5.41, 5.74) is 6.14. The number of anilines is 1. The predicted molar refractivity (Wildman–Crippen MR) is 80.6 cm³/mol. The van der Waals surface area contributed by atoms with Crippen molar-refractivity contribution in [1.82, 2.24) is 4.90 Å². The zero-order chi connectivity index (χ0) is 14.9. The number of hydrogen-bond donors (Lipinski definition) is 1. The minimum Gasteiger partial charge on any atom is -0.453 e. The number of allylic oxidation sites excluding steroid dienone is 1. The summed E-state index contributed by atoms with van der Waals surface area (Å²) in [5.74, 6) is 0.946. The van der Waals surface area contributed by atoms with Crippen molar-refractivity contribution in [1.29, 1.82) is 0 Å². The molecule has 0 saturated carbocycles. The smallest absolute Gasteiger partial charge is 0.164 e. The van der Waals surface area contributed by atoms with Gasteiger partial charge >= 0.3 is 0 Å². The van der Waals surface area contributed by atoms with E-state index in [0.717, 1.165) is 0 Å². The van der Waals surface area contributed by atoms with E-state index in [1.807, 2.05) is 18.7 Å². The van der Waals surface area contributed by atoms with Gasteiger partial charge in [-0.25, -0.2) is 0 Å². The standard InChI is InChI=1S/C14H16Cl2N2O/c1-9(2)18-5-3-4-11(8-18)19-14-12(15)6-10(17)7-13(14)16/h3-4,6-9H,5,17H2,1-2H3/i5D. The summed E-state index contributed by atoms with van der Waals surface area (Å²) in [6, 6.07) is 3.37. The number of benzene rings is 1. The zero-order valence-electron chi connectivity index (χ0n) is 11.7. The van der Waals surface area contributed by atoms with Crippen LogP contribution in [0.3, 0.4) is 0 Å². The van der Waals surface area contributed by atoms with Gasteiger partial charge < -0.3 is 15.4 Å². The molecule has 2 rings (SSSR count). The molecule has 1 aliphatic heterocycles. The molecule has 0 spiro atoms. The first kappa shape index (κ1) is 12.7. The second-order valence-electron chi connectivity index (χ2n) is 4.50. The van der Waals surface area contributed by atoms with Gasteiger partial charge in [-0.2, -0.15) is 0 Å². The summed E-state index contributed by atoms with van der Waals surface area (Å²) in [6.07, 6.45) is 5.26. The highest BCUT2D eigenvalue weighted by Gasteiger charge is 2.14. The molecule has 0 radical (unpaired) electrons. The second-order valence-corrected chi connectivity index (χ2v) is 5.31. The van der Waals surface area contributed by atoms with E-state index in [1.54, 1.807) is 30.5 Å². The molecule has 5 heteroatoms. The lowest BCUT2D eigenvalue weighted by Crippen LogP contribution is -2.28. The Balaban J connectivity index is 2.27. The summed E-state index contributed by atoms with van der Waals surface area (Å²) in [6.45, 7) is 3.61. The molecule has 0 amide bonds. The third kappa shape index (κ3) is 3.37. The normalized spacial score (nSPS) is 19.4. The topological polar surface area (TPSA) is 38.5 Å². The van der Waals surface area contributed by atoms with Crippen LogP contribution in [-0.4, -0.2) is 17.5 Å². The van der Waals surface area contributed by atoms with Gasteiger partial charge in [0.15, 0.2) is 5.75 Å². The average molecular weight is 300 g/mol. The quantitative estimate of drug-likeness (QED) is 0.855. The fourth-order valence-corrected chi connectivity index (χ4v) is 2.23. The van der Waals surface area contributed by atoms with Crippen LogP contribution in [0.2, 0.25) is 10.0 Å². The van der Waals surface area contributed by atoms with Crippen LogP contribution in [0.1, 0.15) is 15.2 Å². The van der Waals surface area contributed by atoms with E-state index in [9.17, 15) is 0 Å². The summed E-state index contributed by atoms with van der Waals surface area (Å²) in [7, 11) is 0.